The number of amides is 1. The van der Waals surface area contributed by atoms with E-state index < -0.39 is 11.5 Å². The highest BCUT2D eigenvalue weighted by molar-refractivity contribution is 6.30. The minimum absolute atomic E-state index is 0. The molecule has 1 amide bonds. The van der Waals surface area contributed by atoms with Gasteiger partial charge in [0.25, 0.3) is 11.5 Å². The van der Waals surface area contributed by atoms with Gasteiger partial charge in [-0.15, -0.1) is 12.4 Å². The first-order chi connectivity index (χ1) is 14.9. The van der Waals surface area contributed by atoms with Crippen molar-refractivity contribution in [1.82, 2.24) is 29.9 Å². The molecule has 0 fully saturated rings. The molecule has 3 aromatic heterocycles. The SMILES string of the molecule is CC(NC(=O)c1cc(-c2ccc(Cl)cc2)nn(-c2cnn(C)c2)c1=O)c1cccnc1.Cl. The number of aryl methyl sites for hydroxylation is 1. The molecular formula is C22H20Cl2N6O2. The van der Waals surface area contributed by atoms with Gasteiger partial charge in [0.1, 0.15) is 11.3 Å². The van der Waals surface area contributed by atoms with E-state index in [1.54, 1.807) is 60.7 Å². The summed E-state index contributed by atoms with van der Waals surface area (Å²) in [5.74, 6) is -0.503. The Bertz CT molecular complexity index is 1290. The van der Waals surface area contributed by atoms with E-state index in [0.29, 0.717) is 16.4 Å². The second-order valence-corrected chi connectivity index (χ2v) is 7.46. The lowest BCUT2D eigenvalue weighted by molar-refractivity contribution is 0.0937. The quantitative estimate of drug-likeness (QED) is 0.480. The minimum Gasteiger partial charge on any atom is -0.345 e. The van der Waals surface area contributed by atoms with Crippen molar-refractivity contribution in [3.63, 3.8) is 0 Å². The molecular weight excluding hydrogens is 451 g/mol. The summed E-state index contributed by atoms with van der Waals surface area (Å²) >= 11 is 6.00. The molecule has 0 aliphatic carbocycles. The molecule has 4 rings (SSSR count). The average molecular weight is 471 g/mol. The van der Waals surface area contributed by atoms with E-state index in [1.165, 1.54) is 16.9 Å². The van der Waals surface area contributed by atoms with Crippen molar-refractivity contribution in [2.45, 2.75) is 13.0 Å². The first-order valence-electron chi connectivity index (χ1n) is 9.52. The first-order valence-corrected chi connectivity index (χ1v) is 9.90. The third-order valence-electron chi connectivity index (χ3n) is 4.76. The molecule has 0 saturated heterocycles. The summed E-state index contributed by atoms with van der Waals surface area (Å²) in [4.78, 5) is 30.3. The van der Waals surface area contributed by atoms with Gasteiger partial charge in [0.15, 0.2) is 0 Å². The van der Waals surface area contributed by atoms with E-state index in [4.69, 9.17) is 11.6 Å². The highest BCUT2D eigenvalue weighted by Gasteiger charge is 2.20. The van der Waals surface area contributed by atoms with Gasteiger partial charge >= 0.3 is 0 Å². The van der Waals surface area contributed by atoms with Crippen LogP contribution in [0.4, 0.5) is 0 Å². The van der Waals surface area contributed by atoms with Gasteiger partial charge in [-0.2, -0.15) is 14.9 Å². The van der Waals surface area contributed by atoms with Crippen LogP contribution in [-0.2, 0) is 7.05 Å². The lowest BCUT2D eigenvalue weighted by Gasteiger charge is -2.15. The number of halogens is 2. The number of nitrogens with zero attached hydrogens (tertiary/aromatic N) is 5. The molecule has 4 aromatic rings. The summed E-state index contributed by atoms with van der Waals surface area (Å²) in [6.45, 7) is 1.83. The lowest BCUT2D eigenvalue weighted by atomic mass is 10.1. The van der Waals surface area contributed by atoms with Crippen molar-refractivity contribution >= 4 is 29.9 Å². The third-order valence-corrected chi connectivity index (χ3v) is 5.02. The van der Waals surface area contributed by atoms with Crippen LogP contribution in [0.5, 0.6) is 0 Å². The van der Waals surface area contributed by atoms with E-state index >= 15 is 0 Å². The molecule has 1 N–H and O–H groups in total. The van der Waals surface area contributed by atoms with Crippen molar-refractivity contribution in [2.75, 3.05) is 0 Å². The summed E-state index contributed by atoms with van der Waals surface area (Å²) in [5.41, 5.74) is 1.89. The molecule has 1 aromatic carbocycles. The van der Waals surface area contributed by atoms with Gasteiger partial charge < -0.3 is 5.32 Å². The fourth-order valence-electron chi connectivity index (χ4n) is 3.10. The number of aromatic nitrogens is 5. The highest BCUT2D eigenvalue weighted by atomic mass is 35.5. The summed E-state index contributed by atoms with van der Waals surface area (Å²) in [6.07, 6.45) is 6.50. The fourth-order valence-corrected chi connectivity index (χ4v) is 3.23. The number of carbonyl (C=O) groups excluding carboxylic acids is 1. The zero-order chi connectivity index (χ0) is 22.0. The molecule has 10 heteroatoms. The number of carbonyl (C=O) groups is 1. The van der Waals surface area contributed by atoms with Gasteiger partial charge in [-0.3, -0.25) is 19.3 Å². The average Bonchev–Trinajstić information content (AvgIpc) is 3.21. The van der Waals surface area contributed by atoms with Crippen LogP contribution in [0.15, 0.2) is 72.0 Å². The molecule has 0 spiro atoms. The summed E-state index contributed by atoms with van der Waals surface area (Å²) in [7, 11) is 1.74. The number of pyridine rings is 1. The Morgan fingerprint density at radius 3 is 2.53 bits per heavy atom. The van der Waals surface area contributed by atoms with Crippen LogP contribution in [-0.4, -0.2) is 30.5 Å². The number of nitrogens with one attached hydrogen (secondary N) is 1. The van der Waals surface area contributed by atoms with Crippen molar-refractivity contribution in [3.8, 4) is 16.9 Å². The summed E-state index contributed by atoms with van der Waals surface area (Å²) in [6, 6.07) is 11.8. The molecule has 0 radical (unpaired) electrons. The highest BCUT2D eigenvalue weighted by Crippen LogP contribution is 2.21. The summed E-state index contributed by atoms with van der Waals surface area (Å²) in [5, 5.41) is 12.0. The van der Waals surface area contributed by atoms with Crippen LogP contribution in [0.1, 0.15) is 28.9 Å². The van der Waals surface area contributed by atoms with E-state index in [0.717, 1.165) is 11.1 Å². The maximum atomic E-state index is 13.1. The van der Waals surface area contributed by atoms with Crippen molar-refractivity contribution in [3.05, 3.63) is 93.8 Å². The topological polar surface area (TPSA) is 94.7 Å². The van der Waals surface area contributed by atoms with Crippen molar-refractivity contribution in [1.29, 1.82) is 0 Å². The van der Waals surface area contributed by atoms with Crippen molar-refractivity contribution in [2.24, 2.45) is 7.05 Å². The Kier molecular flexibility index (Phi) is 7.07. The molecule has 0 aliphatic rings. The van der Waals surface area contributed by atoms with Crippen molar-refractivity contribution < 1.29 is 4.79 Å². The number of hydrogen-bond acceptors (Lipinski definition) is 5. The van der Waals surface area contributed by atoms with Crippen LogP contribution < -0.4 is 10.9 Å². The number of hydrogen-bond donors (Lipinski definition) is 1. The number of benzene rings is 1. The maximum Gasteiger partial charge on any atom is 0.284 e. The predicted molar refractivity (Wildman–Crippen MR) is 124 cm³/mol. The minimum atomic E-state index is -0.540. The molecule has 0 aliphatic heterocycles. The second-order valence-electron chi connectivity index (χ2n) is 7.02. The van der Waals surface area contributed by atoms with Crippen LogP contribution in [0, 0.1) is 0 Å². The van der Waals surface area contributed by atoms with Gasteiger partial charge in [0, 0.05) is 30.0 Å². The van der Waals surface area contributed by atoms with Crippen LogP contribution in [0.3, 0.4) is 0 Å². The largest absolute Gasteiger partial charge is 0.345 e. The molecule has 0 bridgehead atoms. The maximum absolute atomic E-state index is 13.1. The second kappa shape index (κ2) is 9.76. The van der Waals surface area contributed by atoms with Gasteiger partial charge in [-0.25, -0.2) is 0 Å². The van der Waals surface area contributed by atoms with Crippen LogP contribution >= 0.6 is 24.0 Å². The standard InChI is InChI=1S/C22H19ClN6O2.ClH/c1-14(16-4-3-9-24-11-16)26-21(30)19-10-20(15-5-7-17(23)8-6-15)27-29(22(19)31)18-12-25-28(2)13-18;/h3-14H,1-2H3,(H,26,30);1H. The van der Waals surface area contributed by atoms with Gasteiger partial charge in [0.2, 0.25) is 0 Å². The van der Waals surface area contributed by atoms with Crippen LogP contribution in [0.25, 0.3) is 16.9 Å². The van der Waals surface area contributed by atoms with Crippen LogP contribution in [0.2, 0.25) is 5.02 Å². The monoisotopic (exact) mass is 470 g/mol. The van der Waals surface area contributed by atoms with E-state index in [9.17, 15) is 9.59 Å². The third kappa shape index (κ3) is 4.87. The fraction of sp³-hybridized carbons (Fsp3) is 0.136. The Morgan fingerprint density at radius 2 is 1.91 bits per heavy atom. The lowest BCUT2D eigenvalue weighted by Crippen LogP contribution is -2.35. The molecule has 3 heterocycles. The molecule has 1 atom stereocenters. The Balaban J connectivity index is 0.00000289. The molecule has 0 saturated carbocycles. The van der Waals surface area contributed by atoms with Gasteiger partial charge in [0.05, 0.1) is 24.1 Å². The molecule has 164 valence electrons. The number of rotatable bonds is 5. The first kappa shape index (κ1) is 23.2. The normalized spacial score (nSPS) is 11.5. The molecule has 1 unspecified atom stereocenters. The van der Waals surface area contributed by atoms with Gasteiger partial charge in [-0.1, -0.05) is 29.8 Å². The Morgan fingerprint density at radius 1 is 1.16 bits per heavy atom. The Hall–Kier alpha value is -3.49. The Labute approximate surface area is 195 Å². The molecule has 32 heavy (non-hydrogen) atoms. The van der Waals surface area contributed by atoms with Gasteiger partial charge in [-0.05, 0) is 36.8 Å². The summed E-state index contributed by atoms with van der Waals surface area (Å²) < 4.78 is 2.74. The predicted octanol–water partition coefficient (Wildman–Crippen LogP) is 3.59. The van der Waals surface area contributed by atoms with E-state index in [1.807, 2.05) is 13.0 Å². The smallest absolute Gasteiger partial charge is 0.284 e. The van der Waals surface area contributed by atoms with E-state index in [2.05, 4.69) is 20.5 Å². The van der Waals surface area contributed by atoms with E-state index in [-0.39, 0.29) is 24.0 Å². The zero-order valence-corrected chi connectivity index (χ0v) is 18.8. The molecule has 8 nitrogen and oxygen atoms in total. The zero-order valence-electron chi connectivity index (χ0n) is 17.3.